The van der Waals surface area contributed by atoms with Gasteiger partial charge < -0.3 is 5.11 Å². The molecule has 0 atom stereocenters. The van der Waals surface area contributed by atoms with Crippen LogP contribution in [-0.2, 0) is 6.54 Å². The third kappa shape index (κ3) is 2.65. The zero-order valence-electron chi connectivity index (χ0n) is 9.22. The number of rotatable bonds is 3. The number of carbonyl (C=O) groups is 1. The van der Waals surface area contributed by atoms with E-state index in [1.807, 2.05) is 12.1 Å². The molecule has 1 aromatic carbocycles. The van der Waals surface area contributed by atoms with Gasteiger partial charge in [-0.1, -0.05) is 23.7 Å². The first-order valence-electron chi connectivity index (χ1n) is 5.08. The van der Waals surface area contributed by atoms with E-state index in [1.54, 1.807) is 25.1 Å². The molecule has 5 heteroatoms. The molecular formula is C12H11ClN2O2. The summed E-state index contributed by atoms with van der Waals surface area (Å²) in [7, 11) is 0. The van der Waals surface area contributed by atoms with Gasteiger partial charge in [0.05, 0.1) is 12.2 Å². The standard InChI is InChI=1S/C12H11ClN2O2/c1-8-6-11(12(16)17)15(14-8)7-9-2-4-10(13)5-3-9/h2-6H,7H2,1H3,(H,16,17). The first-order chi connectivity index (χ1) is 8.06. The second kappa shape index (κ2) is 4.59. The van der Waals surface area contributed by atoms with Gasteiger partial charge in [0.15, 0.2) is 0 Å². The van der Waals surface area contributed by atoms with Crippen LogP contribution in [0.1, 0.15) is 21.7 Å². The van der Waals surface area contributed by atoms with Gasteiger partial charge >= 0.3 is 5.97 Å². The molecule has 2 aromatic rings. The van der Waals surface area contributed by atoms with Crippen molar-refractivity contribution in [2.45, 2.75) is 13.5 Å². The molecule has 0 unspecified atom stereocenters. The molecule has 2 rings (SSSR count). The highest BCUT2D eigenvalue weighted by molar-refractivity contribution is 6.30. The van der Waals surface area contributed by atoms with Crippen LogP contribution in [-0.4, -0.2) is 20.9 Å². The topological polar surface area (TPSA) is 55.1 Å². The summed E-state index contributed by atoms with van der Waals surface area (Å²) in [5.41, 5.74) is 1.84. The fraction of sp³-hybridized carbons (Fsp3) is 0.167. The monoisotopic (exact) mass is 250 g/mol. The summed E-state index contributed by atoms with van der Waals surface area (Å²) < 4.78 is 1.47. The van der Waals surface area contributed by atoms with Gasteiger partial charge in [-0.3, -0.25) is 4.68 Å². The highest BCUT2D eigenvalue weighted by Crippen LogP contribution is 2.12. The van der Waals surface area contributed by atoms with Gasteiger partial charge in [0.2, 0.25) is 0 Å². The molecule has 1 N–H and O–H groups in total. The lowest BCUT2D eigenvalue weighted by Crippen LogP contribution is -2.10. The van der Waals surface area contributed by atoms with Crippen molar-refractivity contribution < 1.29 is 9.90 Å². The Morgan fingerprint density at radius 1 is 1.41 bits per heavy atom. The Morgan fingerprint density at radius 2 is 2.06 bits per heavy atom. The number of benzene rings is 1. The second-order valence-corrected chi connectivity index (χ2v) is 4.20. The zero-order valence-corrected chi connectivity index (χ0v) is 9.98. The Morgan fingerprint density at radius 3 is 2.65 bits per heavy atom. The van der Waals surface area contributed by atoms with Gasteiger partial charge in [0.25, 0.3) is 0 Å². The summed E-state index contributed by atoms with van der Waals surface area (Å²) in [6.45, 7) is 2.19. The summed E-state index contributed by atoms with van der Waals surface area (Å²) in [5, 5.41) is 13.8. The minimum absolute atomic E-state index is 0.192. The minimum Gasteiger partial charge on any atom is -0.477 e. The lowest BCUT2D eigenvalue weighted by Gasteiger charge is -2.04. The molecule has 0 aliphatic heterocycles. The molecule has 88 valence electrons. The molecule has 0 amide bonds. The van der Waals surface area contributed by atoms with Crippen molar-refractivity contribution in [2.24, 2.45) is 0 Å². The fourth-order valence-corrected chi connectivity index (χ4v) is 1.73. The highest BCUT2D eigenvalue weighted by atomic mass is 35.5. The van der Waals surface area contributed by atoms with Crippen LogP contribution < -0.4 is 0 Å². The van der Waals surface area contributed by atoms with Gasteiger partial charge in [0.1, 0.15) is 5.69 Å². The van der Waals surface area contributed by atoms with Crippen molar-refractivity contribution in [3.05, 3.63) is 52.3 Å². The van der Waals surface area contributed by atoms with Crippen LogP contribution in [0, 0.1) is 6.92 Å². The Bertz CT molecular complexity index is 546. The number of aromatic nitrogens is 2. The van der Waals surface area contributed by atoms with E-state index in [1.165, 1.54) is 4.68 Å². The fourth-order valence-electron chi connectivity index (χ4n) is 1.60. The van der Waals surface area contributed by atoms with Crippen molar-refractivity contribution in [1.82, 2.24) is 9.78 Å². The third-order valence-corrected chi connectivity index (χ3v) is 2.62. The molecule has 0 aliphatic rings. The van der Waals surface area contributed by atoms with E-state index in [-0.39, 0.29) is 5.69 Å². The molecule has 1 aromatic heterocycles. The number of aromatic carboxylic acids is 1. The van der Waals surface area contributed by atoms with Gasteiger partial charge in [-0.2, -0.15) is 5.10 Å². The highest BCUT2D eigenvalue weighted by Gasteiger charge is 2.12. The lowest BCUT2D eigenvalue weighted by atomic mass is 10.2. The quantitative estimate of drug-likeness (QED) is 0.911. The third-order valence-electron chi connectivity index (χ3n) is 2.37. The van der Waals surface area contributed by atoms with E-state index in [4.69, 9.17) is 16.7 Å². The van der Waals surface area contributed by atoms with Gasteiger partial charge in [-0.15, -0.1) is 0 Å². The van der Waals surface area contributed by atoms with Gasteiger partial charge in [0, 0.05) is 5.02 Å². The van der Waals surface area contributed by atoms with Crippen LogP contribution >= 0.6 is 11.6 Å². The molecule has 0 aliphatic carbocycles. The number of hydrogen-bond donors (Lipinski definition) is 1. The number of nitrogens with zero attached hydrogens (tertiary/aromatic N) is 2. The molecule has 1 heterocycles. The minimum atomic E-state index is -0.973. The maximum absolute atomic E-state index is 11.0. The second-order valence-electron chi connectivity index (χ2n) is 3.76. The Kier molecular flexibility index (Phi) is 3.15. The van der Waals surface area contributed by atoms with Gasteiger partial charge in [-0.25, -0.2) is 4.79 Å². The van der Waals surface area contributed by atoms with Crippen LogP contribution in [0.15, 0.2) is 30.3 Å². The van der Waals surface area contributed by atoms with Crippen molar-refractivity contribution in [3.8, 4) is 0 Å². The predicted molar refractivity (Wildman–Crippen MR) is 64.5 cm³/mol. The molecule has 0 radical (unpaired) electrons. The van der Waals surface area contributed by atoms with Crippen LogP contribution in [0.3, 0.4) is 0 Å². The molecule has 0 spiro atoms. The summed E-state index contributed by atoms with van der Waals surface area (Å²) in [6.07, 6.45) is 0. The average Bonchev–Trinajstić information content (AvgIpc) is 2.63. The Labute approximate surface area is 103 Å². The van der Waals surface area contributed by atoms with Gasteiger partial charge in [-0.05, 0) is 30.7 Å². The van der Waals surface area contributed by atoms with Crippen molar-refractivity contribution in [3.63, 3.8) is 0 Å². The zero-order chi connectivity index (χ0) is 12.4. The number of halogens is 1. The predicted octanol–water partition coefficient (Wildman–Crippen LogP) is 2.59. The average molecular weight is 251 g/mol. The van der Waals surface area contributed by atoms with Crippen molar-refractivity contribution in [2.75, 3.05) is 0 Å². The summed E-state index contributed by atoms with van der Waals surface area (Å²) >= 11 is 5.78. The molecule has 17 heavy (non-hydrogen) atoms. The molecular weight excluding hydrogens is 240 g/mol. The first kappa shape index (κ1) is 11.7. The van der Waals surface area contributed by atoms with Crippen molar-refractivity contribution in [1.29, 1.82) is 0 Å². The van der Waals surface area contributed by atoms with E-state index < -0.39 is 5.97 Å². The first-order valence-corrected chi connectivity index (χ1v) is 5.46. The Hall–Kier alpha value is -1.81. The van der Waals surface area contributed by atoms with Crippen LogP contribution in [0.5, 0.6) is 0 Å². The molecule has 0 bridgehead atoms. The summed E-state index contributed by atoms with van der Waals surface area (Å²) in [5.74, 6) is -0.973. The number of aryl methyl sites for hydroxylation is 1. The molecule has 0 fully saturated rings. The van der Waals surface area contributed by atoms with Crippen molar-refractivity contribution >= 4 is 17.6 Å². The number of carboxylic acid groups (broad SMARTS) is 1. The van der Waals surface area contributed by atoms with Crippen LogP contribution in [0.4, 0.5) is 0 Å². The maximum Gasteiger partial charge on any atom is 0.354 e. The smallest absolute Gasteiger partial charge is 0.354 e. The number of hydrogen-bond acceptors (Lipinski definition) is 2. The van der Waals surface area contributed by atoms with E-state index in [0.717, 1.165) is 5.56 Å². The van der Waals surface area contributed by atoms with E-state index in [0.29, 0.717) is 17.3 Å². The SMILES string of the molecule is Cc1cc(C(=O)O)n(Cc2ccc(Cl)cc2)n1. The Balaban J connectivity index is 2.29. The van der Waals surface area contributed by atoms with E-state index in [9.17, 15) is 4.79 Å². The maximum atomic E-state index is 11.0. The van der Waals surface area contributed by atoms with E-state index in [2.05, 4.69) is 5.10 Å². The summed E-state index contributed by atoms with van der Waals surface area (Å²) in [4.78, 5) is 11.0. The lowest BCUT2D eigenvalue weighted by molar-refractivity contribution is 0.0684. The van der Waals surface area contributed by atoms with Crippen LogP contribution in [0.2, 0.25) is 5.02 Å². The number of carboxylic acids is 1. The molecule has 0 saturated carbocycles. The normalized spacial score (nSPS) is 10.5. The molecule has 4 nitrogen and oxygen atoms in total. The molecule has 0 saturated heterocycles. The summed E-state index contributed by atoms with van der Waals surface area (Å²) in [6, 6.07) is 8.80. The van der Waals surface area contributed by atoms with Crippen LogP contribution in [0.25, 0.3) is 0 Å². The largest absolute Gasteiger partial charge is 0.477 e. The van der Waals surface area contributed by atoms with E-state index >= 15 is 0 Å².